The standard InChI is InChI=1S/C14H23NO3/c1-12(15-8-9-18-11-10-16-2)13-6-4-5-7-14(13)17-3/h4-7,12,15H,8-11H2,1-3H3/t12-/m0/s1. The van der Waals surface area contributed by atoms with Gasteiger partial charge in [-0.05, 0) is 13.0 Å². The zero-order valence-electron chi connectivity index (χ0n) is 11.4. The number of para-hydroxylation sites is 1. The van der Waals surface area contributed by atoms with E-state index in [1.807, 2.05) is 18.2 Å². The fraction of sp³-hybridized carbons (Fsp3) is 0.571. The maximum absolute atomic E-state index is 5.40. The Morgan fingerprint density at radius 2 is 1.89 bits per heavy atom. The Morgan fingerprint density at radius 3 is 2.61 bits per heavy atom. The fourth-order valence-corrected chi connectivity index (χ4v) is 1.73. The molecule has 0 aromatic heterocycles. The molecular weight excluding hydrogens is 230 g/mol. The topological polar surface area (TPSA) is 39.7 Å². The van der Waals surface area contributed by atoms with E-state index >= 15 is 0 Å². The molecule has 4 heteroatoms. The molecule has 0 aliphatic rings. The van der Waals surface area contributed by atoms with Crippen molar-refractivity contribution in [3.63, 3.8) is 0 Å². The summed E-state index contributed by atoms with van der Waals surface area (Å²) in [7, 11) is 3.37. The molecular formula is C14H23NO3. The van der Waals surface area contributed by atoms with Crippen molar-refractivity contribution >= 4 is 0 Å². The van der Waals surface area contributed by atoms with E-state index in [2.05, 4.69) is 18.3 Å². The number of hydrogen-bond acceptors (Lipinski definition) is 4. The van der Waals surface area contributed by atoms with Crippen LogP contribution in [0.15, 0.2) is 24.3 Å². The second-order valence-electron chi connectivity index (χ2n) is 4.02. The lowest BCUT2D eigenvalue weighted by Gasteiger charge is -2.17. The third-order valence-electron chi connectivity index (χ3n) is 2.73. The highest BCUT2D eigenvalue weighted by Gasteiger charge is 2.09. The quantitative estimate of drug-likeness (QED) is 0.683. The molecule has 0 amide bonds. The Labute approximate surface area is 109 Å². The molecule has 4 nitrogen and oxygen atoms in total. The van der Waals surface area contributed by atoms with E-state index in [9.17, 15) is 0 Å². The highest BCUT2D eigenvalue weighted by Crippen LogP contribution is 2.23. The van der Waals surface area contributed by atoms with Crippen molar-refractivity contribution < 1.29 is 14.2 Å². The Morgan fingerprint density at radius 1 is 1.11 bits per heavy atom. The number of rotatable bonds is 9. The third-order valence-corrected chi connectivity index (χ3v) is 2.73. The van der Waals surface area contributed by atoms with Gasteiger partial charge in [-0.2, -0.15) is 0 Å². The Kier molecular flexibility index (Phi) is 7.41. The molecule has 1 aromatic rings. The van der Waals surface area contributed by atoms with Gasteiger partial charge in [0.1, 0.15) is 5.75 Å². The molecule has 0 radical (unpaired) electrons. The predicted octanol–water partition coefficient (Wildman–Crippen LogP) is 2.01. The summed E-state index contributed by atoms with van der Waals surface area (Å²) < 4.78 is 15.6. The SMILES string of the molecule is COCCOCCN[C@@H](C)c1ccccc1OC. The van der Waals surface area contributed by atoms with Crippen LogP contribution in [-0.4, -0.2) is 40.6 Å². The van der Waals surface area contributed by atoms with Gasteiger partial charge in [0.15, 0.2) is 0 Å². The first kappa shape index (κ1) is 15.0. The van der Waals surface area contributed by atoms with Crippen LogP contribution in [0.25, 0.3) is 0 Å². The van der Waals surface area contributed by atoms with Crippen LogP contribution in [-0.2, 0) is 9.47 Å². The minimum atomic E-state index is 0.243. The molecule has 0 unspecified atom stereocenters. The number of nitrogens with one attached hydrogen (secondary N) is 1. The molecule has 1 N–H and O–H groups in total. The Hall–Kier alpha value is -1.10. The largest absolute Gasteiger partial charge is 0.496 e. The van der Waals surface area contributed by atoms with Gasteiger partial charge in [0.05, 0.1) is 26.9 Å². The molecule has 0 heterocycles. The first-order valence-corrected chi connectivity index (χ1v) is 6.22. The predicted molar refractivity (Wildman–Crippen MR) is 72.1 cm³/mol. The van der Waals surface area contributed by atoms with Crippen LogP contribution in [0.3, 0.4) is 0 Å². The van der Waals surface area contributed by atoms with Crippen LogP contribution in [0.5, 0.6) is 5.75 Å². The number of hydrogen-bond donors (Lipinski definition) is 1. The average molecular weight is 253 g/mol. The van der Waals surface area contributed by atoms with Gasteiger partial charge in [-0.3, -0.25) is 0 Å². The summed E-state index contributed by atoms with van der Waals surface area (Å²) in [5, 5.41) is 3.40. The van der Waals surface area contributed by atoms with Gasteiger partial charge in [0, 0.05) is 25.3 Å². The molecule has 0 spiro atoms. The van der Waals surface area contributed by atoms with Gasteiger partial charge in [-0.25, -0.2) is 0 Å². The minimum Gasteiger partial charge on any atom is -0.496 e. The Bertz CT molecular complexity index is 331. The Balaban J connectivity index is 2.29. The average Bonchev–Trinajstić information content (AvgIpc) is 2.42. The maximum Gasteiger partial charge on any atom is 0.123 e. The molecule has 1 aromatic carbocycles. The molecule has 0 aliphatic heterocycles. The van der Waals surface area contributed by atoms with E-state index in [-0.39, 0.29) is 6.04 Å². The van der Waals surface area contributed by atoms with Crippen LogP contribution in [0.2, 0.25) is 0 Å². The summed E-state index contributed by atoms with van der Waals surface area (Å²) in [5.74, 6) is 0.915. The first-order chi connectivity index (χ1) is 8.79. The third kappa shape index (κ3) is 5.04. The molecule has 18 heavy (non-hydrogen) atoms. The molecule has 0 fully saturated rings. The number of benzene rings is 1. The summed E-state index contributed by atoms with van der Waals surface area (Å²) >= 11 is 0. The van der Waals surface area contributed by atoms with Crippen LogP contribution < -0.4 is 10.1 Å². The van der Waals surface area contributed by atoms with Gasteiger partial charge in [-0.1, -0.05) is 18.2 Å². The summed E-state index contributed by atoms with van der Waals surface area (Å²) in [6.45, 7) is 4.89. The zero-order valence-corrected chi connectivity index (χ0v) is 11.4. The zero-order chi connectivity index (χ0) is 13.2. The second-order valence-corrected chi connectivity index (χ2v) is 4.02. The van der Waals surface area contributed by atoms with Crippen molar-refractivity contribution in [2.75, 3.05) is 40.6 Å². The monoisotopic (exact) mass is 253 g/mol. The van der Waals surface area contributed by atoms with E-state index in [1.54, 1.807) is 14.2 Å². The van der Waals surface area contributed by atoms with Crippen molar-refractivity contribution in [1.29, 1.82) is 0 Å². The second kappa shape index (κ2) is 8.91. The van der Waals surface area contributed by atoms with E-state index in [1.165, 1.54) is 0 Å². The van der Waals surface area contributed by atoms with Gasteiger partial charge in [0.25, 0.3) is 0 Å². The lowest BCUT2D eigenvalue weighted by atomic mass is 10.1. The minimum absolute atomic E-state index is 0.243. The van der Waals surface area contributed by atoms with Gasteiger partial charge in [-0.15, -0.1) is 0 Å². The number of ether oxygens (including phenoxy) is 3. The lowest BCUT2D eigenvalue weighted by molar-refractivity contribution is 0.0712. The van der Waals surface area contributed by atoms with Crippen LogP contribution in [0.1, 0.15) is 18.5 Å². The molecule has 102 valence electrons. The smallest absolute Gasteiger partial charge is 0.123 e. The number of methoxy groups -OCH3 is 2. The molecule has 0 aliphatic carbocycles. The molecule has 1 atom stereocenters. The summed E-state index contributed by atoms with van der Waals surface area (Å²) in [4.78, 5) is 0. The highest BCUT2D eigenvalue weighted by atomic mass is 16.5. The first-order valence-electron chi connectivity index (χ1n) is 6.22. The van der Waals surface area contributed by atoms with E-state index in [4.69, 9.17) is 14.2 Å². The van der Waals surface area contributed by atoms with Crippen LogP contribution in [0.4, 0.5) is 0 Å². The highest BCUT2D eigenvalue weighted by molar-refractivity contribution is 5.35. The van der Waals surface area contributed by atoms with Gasteiger partial charge in [0.2, 0.25) is 0 Å². The van der Waals surface area contributed by atoms with Crippen molar-refractivity contribution in [1.82, 2.24) is 5.32 Å². The van der Waals surface area contributed by atoms with E-state index in [0.29, 0.717) is 19.8 Å². The van der Waals surface area contributed by atoms with E-state index in [0.717, 1.165) is 17.9 Å². The molecule has 0 saturated heterocycles. The van der Waals surface area contributed by atoms with Crippen molar-refractivity contribution in [2.45, 2.75) is 13.0 Å². The summed E-state index contributed by atoms with van der Waals surface area (Å²) in [6.07, 6.45) is 0. The maximum atomic E-state index is 5.40. The molecule has 1 rings (SSSR count). The lowest BCUT2D eigenvalue weighted by Crippen LogP contribution is -2.24. The fourth-order valence-electron chi connectivity index (χ4n) is 1.73. The normalized spacial score (nSPS) is 12.4. The summed E-state index contributed by atoms with van der Waals surface area (Å²) in [6, 6.07) is 8.28. The summed E-state index contributed by atoms with van der Waals surface area (Å²) in [5.41, 5.74) is 1.16. The van der Waals surface area contributed by atoms with Crippen LogP contribution >= 0.6 is 0 Å². The van der Waals surface area contributed by atoms with Crippen molar-refractivity contribution in [3.8, 4) is 5.75 Å². The van der Waals surface area contributed by atoms with Crippen molar-refractivity contribution in [3.05, 3.63) is 29.8 Å². The van der Waals surface area contributed by atoms with Gasteiger partial charge < -0.3 is 19.5 Å². The van der Waals surface area contributed by atoms with Crippen LogP contribution in [0, 0.1) is 0 Å². The molecule has 0 saturated carbocycles. The van der Waals surface area contributed by atoms with Crippen molar-refractivity contribution in [2.24, 2.45) is 0 Å². The molecule has 0 bridgehead atoms. The van der Waals surface area contributed by atoms with E-state index < -0.39 is 0 Å². The van der Waals surface area contributed by atoms with Gasteiger partial charge >= 0.3 is 0 Å².